The van der Waals surface area contributed by atoms with Crippen LogP contribution in [0.1, 0.15) is 57.2 Å². The van der Waals surface area contributed by atoms with Crippen LogP contribution in [-0.4, -0.2) is 26.3 Å². The third-order valence-corrected chi connectivity index (χ3v) is 5.93. The van der Waals surface area contributed by atoms with Gasteiger partial charge in [-0.15, -0.1) is 0 Å². The molecule has 1 aromatic heterocycles. The zero-order valence-corrected chi connectivity index (χ0v) is 16.6. The van der Waals surface area contributed by atoms with Gasteiger partial charge in [-0.3, -0.25) is 4.57 Å². The summed E-state index contributed by atoms with van der Waals surface area (Å²) in [7, 11) is 0. The van der Waals surface area contributed by atoms with Crippen LogP contribution in [-0.2, 0) is 0 Å². The van der Waals surface area contributed by atoms with Crippen molar-refractivity contribution in [2.45, 2.75) is 63.3 Å². The van der Waals surface area contributed by atoms with E-state index in [0.29, 0.717) is 6.04 Å². The molecule has 0 radical (unpaired) electrons. The summed E-state index contributed by atoms with van der Waals surface area (Å²) >= 11 is 0. The standard InChI is InChI=1S/C23H29N3O2/c1-23(2,28)21(16-8-4-3-5-9-16)24-17-12-14-18(15-13-17)26-20-11-7-6-10-19(20)25-22(26)27/h3-11,17-18,21,24,28H,12-15H2,1-2H3,(H,25,27)/t17-,18-,21?. The highest BCUT2D eigenvalue weighted by atomic mass is 16.3. The summed E-state index contributed by atoms with van der Waals surface area (Å²) in [6.45, 7) is 3.71. The summed E-state index contributed by atoms with van der Waals surface area (Å²) in [6.07, 6.45) is 3.87. The van der Waals surface area contributed by atoms with E-state index in [1.165, 1.54) is 0 Å². The Hall–Kier alpha value is -2.37. The first-order chi connectivity index (χ1) is 13.4. The number of hydrogen-bond acceptors (Lipinski definition) is 3. The number of imidazole rings is 1. The Bertz CT molecular complexity index is 976. The minimum atomic E-state index is -0.855. The largest absolute Gasteiger partial charge is 0.388 e. The van der Waals surface area contributed by atoms with E-state index in [-0.39, 0.29) is 17.8 Å². The Morgan fingerprint density at radius 3 is 2.36 bits per heavy atom. The number of fused-ring (bicyclic) bond motifs is 1. The second-order valence-electron chi connectivity index (χ2n) is 8.49. The van der Waals surface area contributed by atoms with Gasteiger partial charge in [0, 0.05) is 12.1 Å². The van der Waals surface area contributed by atoms with Gasteiger partial charge in [0.25, 0.3) is 0 Å². The molecule has 1 saturated carbocycles. The summed E-state index contributed by atoms with van der Waals surface area (Å²) in [5.41, 5.74) is 2.12. The molecule has 1 heterocycles. The van der Waals surface area contributed by atoms with Gasteiger partial charge in [-0.05, 0) is 57.2 Å². The molecule has 1 aliphatic carbocycles. The molecule has 0 saturated heterocycles. The number of rotatable bonds is 5. The molecule has 3 N–H and O–H groups in total. The average molecular weight is 380 g/mol. The van der Waals surface area contributed by atoms with E-state index < -0.39 is 5.60 Å². The van der Waals surface area contributed by atoms with Gasteiger partial charge >= 0.3 is 5.69 Å². The maximum Gasteiger partial charge on any atom is 0.326 e. The zero-order valence-electron chi connectivity index (χ0n) is 16.6. The lowest BCUT2D eigenvalue weighted by Gasteiger charge is -2.37. The molecule has 1 aliphatic rings. The molecule has 3 aromatic rings. The van der Waals surface area contributed by atoms with Crippen LogP contribution in [0.25, 0.3) is 11.0 Å². The van der Waals surface area contributed by atoms with Crippen LogP contribution in [0, 0.1) is 0 Å². The highest BCUT2D eigenvalue weighted by Crippen LogP contribution is 2.33. The van der Waals surface area contributed by atoms with E-state index in [2.05, 4.69) is 22.4 Å². The molecule has 5 heteroatoms. The third-order valence-electron chi connectivity index (χ3n) is 5.93. The Morgan fingerprint density at radius 2 is 1.68 bits per heavy atom. The molecule has 1 unspecified atom stereocenters. The monoisotopic (exact) mass is 379 g/mol. The molecule has 0 spiro atoms. The lowest BCUT2D eigenvalue weighted by atomic mass is 9.86. The van der Waals surface area contributed by atoms with Crippen molar-refractivity contribution < 1.29 is 5.11 Å². The van der Waals surface area contributed by atoms with Crippen molar-refractivity contribution >= 4 is 11.0 Å². The number of aliphatic hydroxyl groups is 1. The number of para-hydroxylation sites is 2. The highest BCUT2D eigenvalue weighted by molar-refractivity contribution is 5.75. The highest BCUT2D eigenvalue weighted by Gasteiger charge is 2.32. The van der Waals surface area contributed by atoms with Gasteiger partial charge in [0.15, 0.2) is 0 Å². The van der Waals surface area contributed by atoms with Crippen molar-refractivity contribution in [2.75, 3.05) is 0 Å². The summed E-state index contributed by atoms with van der Waals surface area (Å²) in [4.78, 5) is 15.4. The predicted molar refractivity (Wildman–Crippen MR) is 112 cm³/mol. The van der Waals surface area contributed by atoms with Crippen molar-refractivity contribution in [2.24, 2.45) is 0 Å². The van der Waals surface area contributed by atoms with Crippen molar-refractivity contribution in [1.29, 1.82) is 0 Å². The van der Waals surface area contributed by atoms with Gasteiger partial charge in [0.05, 0.1) is 22.7 Å². The molecule has 28 heavy (non-hydrogen) atoms. The fourth-order valence-corrected chi connectivity index (χ4v) is 4.53. The Labute approximate surface area is 165 Å². The Kier molecular flexibility index (Phi) is 5.13. The molecular formula is C23H29N3O2. The van der Waals surface area contributed by atoms with Crippen molar-refractivity contribution in [1.82, 2.24) is 14.9 Å². The Balaban J connectivity index is 1.48. The van der Waals surface area contributed by atoms with Gasteiger partial charge in [-0.1, -0.05) is 42.5 Å². The summed E-state index contributed by atoms with van der Waals surface area (Å²) in [6, 6.07) is 18.5. The van der Waals surface area contributed by atoms with Crippen LogP contribution in [0.2, 0.25) is 0 Å². The van der Waals surface area contributed by atoms with Gasteiger partial charge in [0.1, 0.15) is 0 Å². The van der Waals surface area contributed by atoms with Gasteiger partial charge < -0.3 is 15.4 Å². The minimum absolute atomic E-state index is 0.0173. The van der Waals surface area contributed by atoms with Crippen LogP contribution in [0.15, 0.2) is 59.4 Å². The molecule has 0 amide bonds. The van der Waals surface area contributed by atoms with Crippen LogP contribution < -0.4 is 11.0 Å². The fourth-order valence-electron chi connectivity index (χ4n) is 4.53. The van der Waals surface area contributed by atoms with Crippen LogP contribution >= 0.6 is 0 Å². The predicted octanol–water partition coefficient (Wildman–Crippen LogP) is 3.92. The first-order valence-electron chi connectivity index (χ1n) is 10.2. The molecule has 1 atom stereocenters. The second-order valence-corrected chi connectivity index (χ2v) is 8.49. The number of nitrogens with zero attached hydrogens (tertiary/aromatic N) is 1. The first-order valence-corrected chi connectivity index (χ1v) is 10.2. The third kappa shape index (κ3) is 3.77. The second kappa shape index (κ2) is 7.57. The number of aromatic amines is 1. The molecule has 1 fully saturated rings. The quantitative estimate of drug-likeness (QED) is 0.629. The summed E-state index contributed by atoms with van der Waals surface area (Å²) in [5.74, 6) is 0. The van der Waals surface area contributed by atoms with Gasteiger partial charge in [-0.2, -0.15) is 0 Å². The molecule has 148 valence electrons. The number of nitrogens with one attached hydrogen (secondary N) is 2. The smallest absolute Gasteiger partial charge is 0.326 e. The van der Waals surface area contributed by atoms with E-state index in [4.69, 9.17) is 0 Å². The fraction of sp³-hybridized carbons (Fsp3) is 0.435. The van der Waals surface area contributed by atoms with E-state index in [0.717, 1.165) is 42.3 Å². The number of aromatic nitrogens is 2. The average Bonchev–Trinajstić information content (AvgIpc) is 3.02. The maximum atomic E-state index is 12.5. The molecule has 4 rings (SSSR count). The minimum Gasteiger partial charge on any atom is -0.388 e. The van der Waals surface area contributed by atoms with E-state index in [1.54, 1.807) is 0 Å². The van der Waals surface area contributed by atoms with Crippen molar-refractivity contribution in [3.05, 3.63) is 70.6 Å². The molecule has 0 aliphatic heterocycles. The number of benzene rings is 2. The first kappa shape index (κ1) is 19.0. The van der Waals surface area contributed by atoms with Crippen molar-refractivity contribution in [3.63, 3.8) is 0 Å². The normalized spacial score (nSPS) is 21.7. The SMILES string of the molecule is CC(C)(O)C(N[C@H]1CC[C@H](n2c(=O)[nH]c3ccccc32)CC1)c1ccccc1. The lowest BCUT2D eigenvalue weighted by molar-refractivity contribution is 0.0292. The Morgan fingerprint density at radius 1 is 1.04 bits per heavy atom. The zero-order chi connectivity index (χ0) is 19.7. The van der Waals surface area contributed by atoms with Crippen LogP contribution in [0.3, 0.4) is 0 Å². The van der Waals surface area contributed by atoms with Crippen LogP contribution in [0.5, 0.6) is 0 Å². The summed E-state index contributed by atoms with van der Waals surface area (Å²) in [5, 5.41) is 14.4. The number of hydrogen-bond donors (Lipinski definition) is 3. The maximum absolute atomic E-state index is 12.5. The molecular weight excluding hydrogens is 350 g/mol. The van der Waals surface area contributed by atoms with E-state index in [9.17, 15) is 9.90 Å². The molecule has 2 aromatic carbocycles. The van der Waals surface area contributed by atoms with Gasteiger partial charge in [-0.25, -0.2) is 4.79 Å². The summed E-state index contributed by atoms with van der Waals surface area (Å²) < 4.78 is 1.93. The number of H-pyrrole nitrogens is 1. The lowest BCUT2D eigenvalue weighted by Crippen LogP contribution is -2.45. The topological polar surface area (TPSA) is 70.0 Å². The van der Waals surface area contributed by atoms with Gasteiger partial charge in [0.2, 0.25) is 0 Å². The van der Waals surface area contributed by atoms with E-state index >= 15 is 0 Å². The van der Waals surface area contributed by atoms with E-state index in [1.807, 2.05) is 60.9 Å². The van der Waals surface area contributed by atoms with Crippen molar-refractivity contribution in [3.8, 4) is 0 Å². The molecule has 0 bridgehead atoms. The molecule has 5 nitrogen and oxygen atoms in total. The van der Waals surface area contributed by atoms with Crippen LogP contribution in [0.4, 0.5) is 0 Å².